The molecule has 1 fully saturated rings. The van der Waals surface area contributed by atoms with Crippen molar-refractivity contribution in [2.45, 2.75) is 40.0 Å². The maximum Gasteiger partial charge on any atom is 0.270 e. The third kappa shape index (κ3) is 5.16. The molecule has 6 heteroatoms. The van der Waals surface area contributed by atoms with E-state index in [4.69, 9.17) is 0 Å². The fraction of sp³-hybridized carbons (Fsp3) is 0.706. The summed E-state index contributed by atoms with van der Waals surface area (Å²) in [5.41, 5.74) is 0.474. The fourth-order valence-corrected chi connectivity index (χ4v) is 2.79. The topological polar surface area (TPSA) is 61.4 Å². The van der Waals surface area contributed by atoms with Gasteiger partial charge in [-0.15, -0.1) is 0 Å². The summed E-state index contributed by atoms with van der Waals surface area (Å²) in [4.78, 5) is 25.7. The molecule has 1 aromatic rings. The molecular formula is C17H29N5O. The van der Waals surface area contributed by atoms with E-state index in [-0.39, 0.29) is 5.91 Å². The van der Waals surface area contributed by atoms with E-state index in [9.17, 15) is 4.79 Å². The lowest BCUT2D eigenvalue weighted by Crippen LogP contribution is -2.46. The molecule has 0 radical (unpaired) electrons. The molecule has 0 atom stereocenters. The molecule has 0 saturated carbocycles. The molecule has 1 saturated heterocycles. The number of aromatic nitrogens is 2. The molecule has 0 aromatic carbocycles. The molecule has 2 heterocycles. The van der Waals surface area contributed by atoms with E-state index in [0.29, 0.717) is 18.1 Å². The summed E-state index contributed by atoms with van der Waals surface area (Å²) in [5.74, 6) is 1.42. The lowest BCUT2D eigenvalue weighted by atomic mass is 10.2. The number of rotatable bonds is 7. The van der Waals surface area contributed by atoms with E-state index in [2.05, 4.69) is 38.9 Å². The van der Waals surface area contributed by atoms with Crippen LogP contribution >= 0.6 is 0 Å². The number of unbranched alkanes of at least 4 members (excludes halogenated alkanes) is 2. The zero-order chi connectivity index (χ0) is 16.7. The lowest BCUT2D eigenvalue weighted by molar-refractivity contribution is 0.0947. The first kappa shape index (κ1) is 17.7. The van der Waals surface area contributed by atoms with Gasteiger partial charge >= 0.3 is 0 Å². The number of carbonyl (C=O) groups is 1. The molecule has 6 nitrogen and oxygen atoms in total. The lowest BCUT2D eigenvalue weighted by Gasteiger charge is -2.34. The zero-order valence-corrected chi connectivity index (χ0v) is 14.6. The van der Waals surface area contributed by atoms with Crippen LogP contribution in [0.1, 0.15) is 49.4 Å². The number of piperazine rings is 1. The van der Waals surface area contributed by atoms with Crippen LogP contribution in [-0.2, 0) is 0 Å². The normalized spacial score (nSPS) is 15.7. The Morgan fingerprint density at radius 3 is 2.57 bits per heavy atom. The summed E-state index contributed by atoms with van der Waals surface area (Å²) in [6, 6.07) is 1.82. The minimum atomic E-state index is -0.0972. The summed E-state index contributed by atoms with van der Waals surface area (Å²) in [7, 11) is 0. The van der Waals surface area contributed by atoms with Gasteiger partial charge in [-0.2, -0.15) is 0 Å². The van der Waals surface area contributed by atoms with Crippen LogP contribution < -0.4 is 10.2 Å². The monoisotopic (exact) mass is 319 g/mol. The maximum atomic E-state index is 12.3. The van der Waals surface area contributed by atoms with Crippen LogP contribution in [0.4, 0.5) is 5.82 Å². The largest absolute Gasteiger partial charge is 0.354 e. The Morgan fingerprint density at radius 2 is 1.91 bits per heavy atom. The van der Waals surface area contributed by atoms with E-state index in [1.807, 2.05) is 13.0 Å². The van der Waals surface area contributed by atoms with Crippen molar-refractivity contribution < 1.29 is 4.79 Å². The molecule has 1 N–H and O–H groups in total. The number of carbonyl (C=O) groups excluding carboxylic acids is 1. The maximum absolute atomic E-state index is 12.3. The van der Waals surface area contributed by atoms with Gasteiger partial charge in [0.1, 0.15) is 17.3 Å². The molecule has 0 spiro atoms. The van der Waals surface area contributed by atoms with Crippen molar-refractivity contribution in [1.82, 2.24) is 20.2 Å². The van der Waals surface area contributed by atoms with Gasteiger partial charge in [-0.1, -0.05) is 26.7 Å². The van der Waals surface area contributed by atoms with Gasteiger partial charge in [-0.3, -0.25) is 4.79 Å². The van der Waals surface area contributed by atoms with Crippen molar-refractivity contribution in [3.63, 3.8) is 0 Å². The average molecular weight is 319 g/mol. The fourth-order valence-electron chi connectivity index (χ4n) is 2.79. The van der Waals surface area contributed by atoms with Crippen molar-refractivity contribution in [2.75, 3.05) is 44.2 Å². The van der Waals surface area contributed by atoms with Gasteiger partial charge in [0.15, 0.2) is 0 Å². The summed E-state index contributed by atoms with van der Waals surface area (Å²) < 4.78 is 0. The number of amides is 1. The van der Waals surface area contributed by atoms with E-state index < -0.39 is 0 Å². The van der Waals surface area contributed by atoms with Crippen molar-refractivity contribution >= 4 is 11.7 Å². The summed E-state index contributed by atoms with van der Waals surface area (Å²) >= 11 is 0. The van der Waals surface area contributed by atoms with Gasteiger partial charge in [-0.05, 0) is 19.9 Å². The van der Waals surface area contributed by atoms with Crippen LogP contribution in [0.2, 0.25) is 0 Å². The molecule has 0 aliphatic carbocycles. The molecule has 23 heavy (non-hydrogen) atoms. The van der Waals surface area contributed by atoms with Crippen LogP contribution in [-0.4, -0.2) is 60.0 Å². The number of anilines is 1. The number of nitrogens with one attached hydrogen (secondary N) is 1. The highest BCUT2D eigenvalue weighted by Gasteiger charge is 2.19. The van der Waals surface area contributed by atoms with Crippen LogP contribution in [0.25, 0.3) is 0 Å². The molecule has 1 amide bonds. The standard InChI is InChI=1S/C17H29N5O/c1-4-6-7-8-18-17(23)15-13-16(20-14(3)19-15)22-11-9-21(5-2)10-12-22/h13H,4-12H2,1-3H3,(H,18,23). The predicted molar refractivity (Wildman–Crippen MR) is 93.0 cm³/mol. The number of likely N-dealkylation sites (N-methyl/N-ethyl adjacent to an activating group) is 1. The summed E-state index contributed by atoms with van der Waals surface area (Å²) in [6.45, 7) is 12.0. The van der Waals surface area contributed by atoms with Crippen molar-refractivity contribution in [2.24, 2.45) is 0 Å². The second-order valence-electron chi connectivity index (χ2n) is 6.04. The van der Waals surface area contributed by atoms with Crippen molar-refractivity contribution in [1.29, 1.82) is 0 Å². The van der Waals surface area contributed by atoms with Crippen LogP contribution in [0.15, 0.2) is 6.07 Å². The Kier molecular flexibility index (Phi) is 6.77. The first-order chi connectivity index (χ1) is 11.1. The van der Waals surface area contributed by atoms with Crippen molar-refractivity contribution in [3.8, 4) is 0 Å². The van der Waals surface area contributed by atoms with Crippen LogP contribution in [0, 0.1) is 6.92 Å². The van der Waals surface area contributed by atoms with Gasteiger partial charge in [0.25, 0.3) is 5.91 Å². The minimum absolute atomic E-state index is 0.0972. The summed E-state index contributed by atoms with van der Waals surface area (Å²) in [6.07, 6.45) is 3.30. The summed E-state index contributed by atoms with van der Waals surface area (Å²) in [5, 5.41) is 2.95. The van der Waals surface area contributed by atoms with Gasteiger partial charge in [0, 0.05) is 38.8 Å². The third-order valence-corrected chi connectivity index (χ3v) is 4.27. The number of hydrogen-bond donors (Lipinski definition) is 1. The number of aryl methyl sites for hydroxylation is 1. The number of hydrogen-bond acceptors (Lipinski definition) is 5. The Morgan fingerprint density at radius 1 is 1.17 bits per heavy atom. The average Bonchev–Trinajstić information content (AvgIpc) is 2.58. The third-order valence-electron chi connectivity index (χ3n) is 4.27. The SMILES string of the molecule is CCCCCNC(=O)c1cc(N2CCN(CC)CC2)nc(C)n1. The number of nitrogens with zero attached hydrogens (tertiary/aromatic N) is 4. The van der Waals surface area contributed by atoms with E-state index in [1.54, 1.807) is 0 Å². The Labute approximate surface area is 139 Å². The Hall–Kier alpha value is -1.69. The predicted octanol–water partition coefficient (Wildman–Crippen LogP) is 1.85. The molecule has 2 rings (SSSR count). The molecule has 0 unspecified atom stereocenters. The molecule has 1 aliphatic heterocycles. The zero-order valence-electron chi connectivity index (χ0n) is 14.6. The molecule has 0 bridgehead atoms. The van der Waals surface area contributed by atoms with Crippen molar-refractivity contribution in [3.05, 3.63) is 17.6 Å². The first-order valence-electron chi connectivity index (χ1n) is 8.75. The van der Waals surface area contributed by atoms with Gasteiger partial charge in [-0.25, -0.2) is 9.97 Å². The minimum Gasteiger partial charge on any atom is -0.354 e. The Balaban J connectivity index is 1.99. The van der Waals surface area contributed by atoms with Gasteiger partial charge in [0.2, 0.25) is 0 Å². The second kappa shape index (κ2) is 8.82. The Bertz CT molecular complexity index is 512. The quantitative estimate of drug-likeness (QED) is 0.777. The van der Waals surface area contributed by atoms with E-state index in [1.165, 1.54) is 0 Å². The van der Waals surface area contributed by atoms with E-state index >= 15 is 0 Å². The van der Waals surface area contributed by atoms with Crippen LogP contribution in [0.3, 0.4) is 0 Å². The van der Waals surface area contributed by atoms with Crippen LogP contribution in [0.5, 0.6) is 0 Å². The molecule has 1 aromatic heterocycles. The molecule has 1 aliphatic rings. The highest BCUT2D eigenvalue weighted by molar-refractivity contribution is 5.92. The highest BCUT2D eigenvalue weighted by atomic mass is 16.1. The first-order valence-corrected chi connectivity index (χ1v) is 8.75. The van der Waals surface area contributed by atoms with Gasteiger partial charge < -0.3 is 15.1 Å². The highest BCUT2D eigenvalue weighted by Crippen LogP contribution is 2.15. The second-order valence-corrected chi connectivity index (χ2v) is 6.04. The smallest absolute Gasteiger partial charge is 0.270 e. The molecular weight excluding hydrogens is 290 g/mol. The van der Waals surface area contributed by atoms with Gasteiger partial charge in [0.05, 0.1) is 0 Å². The molecule has 128 valence electrons. The van der Waals surface area contributed by atoms with E-state index in [0.717, 1.165) is 57.8 Å².